The van der Waals surface area contributed by atoms with Gasteiger partial charge in [-0.25, -0.2) is 0 Å². The summed E-state index contributed by atoms with van der Waals surface area (Å²) in [7, 11) is 0. The van der Waals surface area contributed by atoms with E-state index in [1.807, 2.05) is 38.1 Å². The zero-order valence-electron chi connectivity index (χ0n) is 14.2. The topological polar surface area (TPSA) is 56.8 Å². The van der Waals surface area contributed by atoms with Gasteiger partial charge in [0.2, 0.25) is 0 Å². The van der Waals surface area contributed by atoms with Gasteiger partial charge in [-0.05, 0) is 52.2 Å². The average Bonchev–Trinajstić information content (AvgIpc) is 2.55. The lowest BCUT2D eigenvalue weighted by molar-refractivity contribution is -0.130. The molecule has 0 spiro atoms. The van der Waals surface area contributed by atoms with Crippen LogP contribution in [0, 0.1) is 0 Å². The van der Waals surface area contributed by atoms with Crippen LogP contribution in [0.15, 0.2) is 24.3 Å². The van der Waals surface area contributed by atoms with E-state index in [4.69, 9.17) is 14.2 Å². The SMILES string of the molecule is CC(C)Oc1ccccc1NC(=O)[C@@H](C)OC[C@H]1CCCCO1. The predicted molar refractivity (Wildman–Crippen MR) is 89.8 cm³/mol. The molecule has 1 aliphatic rings. The Hall–Kier alpha value is -1.59. The van der Waals surface area contributed by atoms with Crippen LogP contribution < -0.4 is 10.1 Å². The number of hydrogen-bond acceptors (Lipinski definition) is 4. The Morgan fingerprint density at radius 3 is 2.78 bits per heavy atom. The van der Waals surface area contributed by atoms with Crippen molar-refractivity contribution in [3.8, 4) is 5.75 Å². The smallest absolute Gasteiger partial charge is 0.253 e. The Balaban J connectivity index is 1.85. The molecule has 128 valence electrons. The van der Waals surface area contributed by atoms with Gasteiger partial charge in [0.15, 0.2) is 0 Å². The highest BCUT2D eigenvalue weighted by molar-refractivity contribution is 5.95. The van der Waals surface area contributed by atoms with E-state index in [1.165, 1.54) is 0 Å². The Kier molecular flexibility index (Phi) is 6.86. The standard InChI is InChI=1S/C18H27NO4/c1-13(2)23-17-10-5-4-9-16(17)19-18(20)14(3)22-12-15-8-6-7-11-21-15/h4-5,9-10,13-15H,6-8,11-12H2,1-3H3,(H,19,20)/t14-,15-/m1/s1. The van der Waals surface area contributed by atoms with Crippen molar-refractivity contribution in [1.82, 2.24) is 0 Å². The molecule has 5 nitrogen and oxygen atoms in total. The number of anilines is 1. The third-order valence-corrected chi connectivity index (χ3v) is 3.68. The summed E-state index contributed by atoms with van der Waals surface area (Å²) < 4.78 is 17.0. The molecule has 1 aliphatic heterocycles. The van der Waals surface area contributed by atoms with Gasteiger partial charge in [-0.15, -0.1) is 0 Å². The van der Waals surface area contributed by atoms with Gasteiger partial charge in [0.05, 0.1) is 24.5 Å². The van der Waals surface area contributed by atoms with Gasteiger partial charge in [-0.1, -0.05) is 12.1 Å². The van der Waals surface area contributed by atoms with E-state index in [2.05, 4.69) is 5.32 Å². The molecule has 0 bridgehead atoms. The van der Waals surface area contributed by atoms with Crippen LogP contribution in [0.4, 0.5) is 5.69 Å². The fraction of sp³-hybridized carbons (Fsp3) is 0.611. The molecule has 1 saturated heterocycles. The van der Waals surface area contributed by atoms with Gasteiger partial charge in [0.25, 0.3) is 5.91 Å². The van der Waals surface area contributed by atoms with Crippen LogP contribution in [0.5, 0.6) is 5.75 Å². The number of para-hydroxylation sites is 2. The van der Waals surface area contributed by atoms with Crippen molar-refractivity contribution < 1.29 is 19.0 Å². The van der Waals surface area contributed by atoms with E-state index in [1.54, 1.807) is 6.92 Å². The summed E-state index contributed by atoms with van der Waals surface area (Å²) in [5.74, 6) is 0.485. The number of nitrogens with one attached hydrogen (secondary N) is 1. The zero-order valence-corrected chi connectivity index (χ0v) is 14.2. The summed E-state index contributed by atoms with van der Waals surface area (Å²) in [6, 6.07) is 7.42. The highest BCUT2D eigenvalue weighted by Gasteiger charge is 2.19. The quantitative estimate of drug-likeness (QED) is 0.836. The minimum absolute atomic E-state index is 0.0465. The van der Waals surface area contributed by atoms with Gasteiger partial charge in [0.1, 0.15) is 11.9 Å². The molecular weight excluding hydrogens is 294 g/mol. The summed E-state index contributed by atoms with van der Waals surface area (Å²) in [5, 5.41) is 2.87. The molecule has 2 rings (SSSR count). The van der Waals surface area contributed by atoms with Crippen LogP contribution in [0.3, 0.4) is 0 Å². The summed E-state index contributed by atoms with van der Waals surface area (Å²) in [5.41, 5.74) is 0.663. The van der Waals surface area contributed by atoms with Crippen molar-refractivity contribution in [3.63, 3.8) is 0 Å². The number of rotatable bonds is 7. The summed E-state index contributed by atoms with van der Waals surface area (Å²) in [6.45, 7) is 6.90. The number of carbonyl (C=O) groups excluding carboxylic acids is 1. The predicted octanol–water partition coefficient (Wildman–Crippen LogP) is 3.39. The number of amides is 1. The molecule has 0 unspecified atom stereocenters. The Labute approximate surface area is 138 Å². The molecule has 0 aliphatic carbocycles. The van der Waals surface area contributed by atoms with Crippen LogP contribution in [-0.2, 0) is 14.3 Å². The van der Waals surface area contributed by atoms with Crippen LogP contribution in [0.25, 0.3) is 0 Å². The number of carbonyl (C=O) groups is 1. The first-order valence-electron chi connectivity index (χ1n) is 8.36. The highest BCUT2D eigenvalue weighted by atomic mass is 16.5. The maximum Gasteiger partial charge on any atom is 0.253 e. The molecule has 1 amide bonds. The molecule has 23 heavy (non-hydrogen) atoms. The van der Waals surface area contributed by atoms with Gasteiger partial charge >= 0.3 is 0 Å². The third-order valence-electron chi connectivity index (χ3n) is 3.68. The maximum absolute atomic E-state index is 12.3. The van der Waals surface area contributed by atoms with E-state index < -0.39 is 6.10 Å². The lowest BCUT2D eigenvalue weighted by atomic mass is 10.1. The zero-order chi connectivity index (χ0) is 16.7. The van der Waals surface area contributed by atoms with Gasteiger partial charge < -0.3 is 19.5 Å². The van der Waals surface area contributed by atoms with Crippen LogP contribution in [0.2, 0.25) is 0 Å². The molecular formula is C18H27NO4. The van der Waals surface area contributed by atoms with Crippen molar-refractivity contribution >= 4 is 11.6 Å². The molecule has 1 aromatic carbocycles. The molecule has 2 atom stereocenters. The monoisotopic (exact) mass is 321 g/mol. The molecule has 5 heteroatoms. The second kappa shape index (κ2) is 8.89. The van der Waals surface area contributed by atoms with E-state index in [0.717, 1.165) is 25.9 Å². The Morgan fingerprint density at radius 2 is 2.09 bits per heavy atom. The lowest BCUT2D eigenvalue weighted by Crippen LogP contribution is -2.32. The third kappa shape index (κ3) is 5.84. The molecule has 1 heterocycles. The fourth-order valence-electron chi connectivity index (χ4n) is 2.43. The Morgan fingerprint density at radius 1 is 1.30 bits per heavy atom. The van der Waals surface area contributed by atoms with Crippen LogP contribution in [0.1, 0.15) is 40.0 Å². The second-order valence-electron chi connectivity index (χ2n) is 6.12. The molecule has 1 fully saturated rings. The molecule has 0 aromatic heterocycles. The van der Waals surface area contributed by atoms with Crippen molar-refractivity contribution in [2.45, 2.75) is 58.3 Å². The first kappa shape index (κ1) is 17.8. The van der Waals surface area contributed by atoms with Gasteiger partial charge in [0, 0.05) is 6.61 Å². The van der Waals surface area contributed by atoms with Crippen molar-refractivity contribution in [1.29, 1.82) is 0 Å². The largest absolute Gasteiger partial charge is 0.489 e. The normalized spacial score (nSPS) is 19.4. The van der Waals surface area contributed by atoms with E-state index in [-0.39, 0.29) is 18.1 Å². The number of benzene rings is 1. The molecule has 1 N–H and O–H groups in total. The highest BCUT2D eigenvalue weighted by Crippen LogP contribution is 2.25. The van der Waals surface area contributed by atoms with E-state index >= 15 is 0 Å². The minimum Gasteiger partial charge on any atom is -0.489 e. The van der Waals surface area contributed by atoms with E-state index in [9.17, 15) is 4.79 Å². The molecule has 1 aromatic rings. The number of hydrogen-bond donors (Lipinski definition) is 1. The lowest BCUT2D eigenvalue weighted by Gasteiger charge is -2.24. The summed E-state index contributed by atoms with van der Waals surface area (Å²) in [6.07, 6.45) is 2.89. The second-order valence-corrected chi connectivity index (χ2v) is 6.12. The maximum atomic E-state index is 12.3. The van der Waals surface area contributed by atoms with Gasteiger partial charge in [-0.2, -0.15) is 0 Å². The van der Waals surface area contributed by atoms with Crippen LogP contribution in [-0.4, -0.2) is 37.4 Å². The fourth-order valence-corrected chi connectivity index (χ4v) is 2.43. The van der Waals surface area contributed by atoms with Crippen molar-refractivity contribution in [2.24, 2.45) is 0 Å². The molecule has 0 saturated carbocycles. The van der Waals surface area contributed by atoms with E-state index in [0.29, 0.717) is 18.0 Å². The van der Waals surface area contributed by atoms with Gasteiger partial charge in [-0.3, -0.25) is 4.79 Å². The first-order chi connectivity index (χ1) is 11.1. The average molecular weight is 321 g/mol. The number of ether oxygens (including phenoxy) is 3. The molecule has 0 radical (unpaired) electrons. The summed E-state index contributed by atoms with van der Waals surface area (Å²) in [4.78, 5) is 12.3. The van der Waals surface area contributed by atoms with Crippen molar-refractivity contribution in [2.75, 3.05) is 18.5 Å². The minimum atomic E-state index is -0.535. The van der Waals surface area contributed by atoms with Crippen LogP contribution >= 0.6 is 0 Å². The summed E-state index contributed by atoms with van der Waals surface area (Å²) >= 11 is 0. The first-order valence-corrected chi connectivity index (χ1v) is 8.36. The Bertz CT molecular complexity index is 498. The van der Waals surface area contributed by atoms with Crippen molar-refractivity contribution in [3.05, 3.63) is 24.3 Å².